The van der Waals surface area contributed by atoms with Crippen molar-refractivity contribution in [2.75, 3.05) is 19.8 Å². The molecule has 0 rings (SSSR count). The lowest BCUT2D eigenvalue weighted by atomic mass is 10.1. The molecular formula is C39H67O8P. The lowest BCUT2D eigenvalue weighted by molar-refractivity contribution is -0.161. The molecule has 0 bridgehead atoms. The van der Waals surface area contributed by atoms with Crippen LogP contribution in [-0.2, 0) is 32.7 Å². The van der Waals surface area contributed by atoms with Crippen molar-refractivity contribution < 1.29 is 37.6 Å². The highest BCUT2D eigenvalue weighted by Crippen LogP contribution is 2.43. The molecule has 0 aliphatic carbocycles. The molecule has 0 saturated heterocycles. The summed E-state index contributed by atoms with van der Waals surface area (Å²) >= 11 is 0. The van der Waals surface area contributed by atoms with Crippen molar-refractivity contribution in [3.05, 3.63) is 60.8 Å². The minimum atomic E-state index is -4.28. The van der Waals surface area contributed by atoms with Crippen LogP contribution in [0.1, 0.15) is 149 Å². The number of phosphoric acid groups is 1. The highest BCUT2D eigenvalue weighted by atomic mass is 31.2. The van der Waals surface area contributed by atoms with Gasteiger partial charge in [0.1, 0.15) is 6.61 Å². The molecular weight excluding hydrogens is 627 g/mol. The van der Waals surface area contributed by atoms with Crippen molar-refractivity contribution in [2.24, 2.45) is 0 Å². The summed E-state index contributed by atoms with van der Waals surface area (Å²) in [5, 5.41) is 0. The number of allylic oxidation sites excluding steroid dienone is 10. The molecule has 9 heteroatoms. The van der Waals surface area contributed by atoms with Gasteiger partial charge in [0.05, 0.1) is 13.2 Å². The third-order valence-corrected chi connectivity index (χ3v) is 8.37. The fourth-order valence-corrected chi connectivity index (χ4v) is 5.35. The number of ether oxygens (including phenoxy) is 2. The van der Waals surface area contributed by atoms with Gasteiger partial charge in [0.25, 0.3) is 0 Å². The van der Waals surface area contributed by atoms with E-state index in [1.54, 1.807) is 6.92 Å². The van der Waals surface area contributed by atoms with Gasteiger partial charge in [-0.25, -0.2) is 4.57 Å². The first-order valence-electron chi connectivity index (χ1n) is 18.6. The zero-order chi connectivity index (χ0) is 35.4. The molecule has 0 fully saturated rings. The summed E-state index contributed by atoms with van der Waals surface area (Å²) in [5.41, 5.74) is 0. The van der Waals surface area contributed by atoms with Gasteiger partial charge in [-0.05, 0) is 77.6 Å². The van der Waals surface area contributed by atoms with Crippen LogP contribution in [0, 0.1) is 0 Å². The summed E-state index contributed by atoms with van der Waals surface area (Å²) in [5.74, 6) is -0.844. The first-order chi connectivity index (χ1) is 23.3. The molecule has 0 aliphatic heterocycles. The fourth-order valence-electron chi connectivity index (χ4n) is 4.60. The Balaban J connectivity index is 4.24. The third-order valence-electron chi connectivity index (χ3n) is 7.31. The summed E-state index contributed by atoms with van der Waals surface area (Å²) in [6.45, 7) is 5.25. The molecule has 1 N–H and O–H groups in total. The largest absolute Gasteiger partial charge is 0.472 e. The molecule has 2 atom stereocenters. The summed E-state index contributed by atoms with van der Waals surface area (Å²) < 4.78 is 32.4. The number of esters is 2. The molecule has 0 aromatic carbocycles. The van der Waals surface area contributed by atoms with Gasteiger partial charge in [-0.1, -0.05) is 120 Å². The van der Waals surface area contributed by atoms with Crippen LogP contribution in [0.2, 0.25) is 0 Å². The van der Waals surface area contributed by atoms with Crippen LogP contribution in [0.3, 0.4) is 0 Å². The highest BCUT2D eigenvalue weighted by molar-refractivity contribution is 7.47. The second-order valence-electron chi connectivity index (χ2n) is 11.9. The van der Waals surface area contributed by atoms with Gasteiger partial charge in [0.15, 0.2) is 6.10 Å². The SMILES string of the molecule is CC/C=C\C/C=C\C/C=C\C/C=C\CCCCCCC(=O)OC(COC(=O)CCCCCCC/C=C\CCCC)COP(=O)(O)OCC. The number of rotatable bonds is 33. The van der Waals surface area contributed by atoms with Gasteiger partial charge in [-0.3, -0.25) is 18.6 Å². The van der Waals surface area contributed by atoms with Gasteiger partial charge in [-0.2, -0.15) is 0 Å². The Kier molecular flexibility index (Phi) is 33.0. The van der Waals surface area contributed by atoms with E-state index in [0.717, 1.165) is 96.3 Å². The molecule has 0 aliphatic rings. The molecule has 0 heterocycles. The zero-order valence-corrected chi connectivity index (χ0v) is 31.3. The van der Waals surface area contributed by atoms with Crippen LogP contribution in [0.15, 0.2) is 60.8 Å². The third kappa shape index (κ3) is 33.6. The fraction of sp³-hybridized carbons (Fsp3) is 0.692. The van der Waals surface area contributed by atoms with Crippen LogP contribution in [0.5, 0.6) is 0 Å². The van der Waals surface area contributed by atoms with Crippen molar-refractivity contribution in [1.82, 2.24) is 0 Å². The first kappa shape index (κ1) is 45.8. The van der Waals surface area contributed by atoms with Crippen molar-refractivity contribution in [3.63, 3.8) is 0 Å². The van der Waals surface area contributed by atoms with Crippen molar-refractivity contribution in [2.45, 2.75) is 155 Å². The number of phosphoric ester groups is 1. The van der Waals surface area contributed by atoms with Gasteiger partial charge < -0.3 is 14.4 Å². The van der Waals surface area contributed by atoms with Crippen LogP contribution >= 0.6 is 7.82 Å². The van der Waals surface area contributed by atoms with E-state index in [1.165, 1.54) is 12.8 Å². The van der Waals surface area contributed by atoms with Crippen LogP contribution < -0.4 is 0 Å². The molecule has 276 valence electrons. The number of carbonyl (C=O) groups excluding carboxylic acids is 2. The molecule has 8 nitrogen and oxygen atoms in total. The zero-order valence-electron chi connectivity index (χ0n) is 30.4. The van der Waals surface area contributed by atoms with Gasteiger partial charge in [-0.15, -0.1) is 0 Å². The second-order valence-corrected chi connectivity index (χ2v) is 13.3. The topological polar surface area (TPSA) is 108 Å². The average molecular weight is 695 g/mol. The van der Waals surface area contributed by atoms with E-state index in [-0.39, 0.29) is 32.0 Å². The monoisotopic (exact) mass is 694 g/mol. The normalized spacial score (nSPS) is 14.2. The molecule has 0 aromatic rings. The quantitative estimate of drug-likeness (QED) is 0.0313. The maximum Gasteiger partial charge on any atom is 0.472 e. The lowest BCUT2D eigenvalue weighted by Crippen LogP contribution is -2.29. The Morgan fingerprint density at radius 1 is 0.583 bits per heavy atom. The summed E-state index contributed by atoms with van der Waals surface area (Å²) in [6.07, 6.45) is 39.9. The standard InChI is InChI=1S/C39H67O8P/c1-4-7-9-11-13-15-17-18-19-20-21-22-24-26-28-30-32-34-39(41)47-37(36-46-48(42,43)45-6-3)35-44-38(40)33-31-29-27-25-23-16-14-12-10-8-5-2/h7,9,12-15,18-19,21-22,37H,4-6,8,10-11,16-17,20,23-36H2,1-3H3,(H,42,43)/b9-7-,14-12-,15-13-,19-18-,22-21-. The predicted octanol–water partition coefficient (Wildman–Crippen LogP) is 11.2. The molecule has 0 aromatic heterocycles. The van der Waals surface area contributed by atoms with E-state index in [1.807, 2.05) is 0 Å². The first-order valence-corrected chi connectivity index (χ1v) is 20.1. The van der Waals surface area contributed by atoms with Crippen molar-refractivity contribution in [1.29, 1.82) is 0 Å². The summed E-state index contributed by atoms with van der Waals surface area (Å²) in [6, 6.07) is 0. The number of hydrogen-bond donors (Lipinski definition) is 1. The molecule has 0 saturated carbocycles. The molecule has 48 heavy (non-hydrogen) atoms. The molecule has 0 amide bonds. The van der Waals surface area contributed by atoms with Crippen molar-refractivity contribution in [3.8, 4) is 0 Å². The number of hydrogen-bond acceptors (Lipinski definition) is 7. The molecule has 2 unspecified atom stereocenters. The van der Waals surface area contributed by atoms with Gasteiger partial charge >= 0.3 is 19.8 Å². The van der Waals surface area contributed by atoms with Crippen molar-refractivity contribution >= 4 is 19.8 Å². The molecule has 0 spiro atoms. The average Bonchev–Trinajstić information content (AvgIpc) is 3.06. The van der Waals surface area contributed by atoms with Gasteiger partial charge in [0, 0.05) is 12.8 Å². The lowest BCUT2D eigenvalue weighted by Gasteiger charge is -2.19. The predicted molar refractivity (Wildman–Crippen MR) is 198 cm³/mol. The summed E-state index contributed by atoms with van der Waals surface area (Å²) in [7, 11) is -4.28. The van der Waals surface area contributed by atoms with E-state index < -0.39 is 26.5 Å². The maximum atomic E-state index is 12.5. The Hall–Kier alpha value is -2.25. The van der Waals surface area contributed by atoms with E-state index >= 15 is 0 Å². The van der Waals surface area contributed by atoms with E-state index in [9.17, 15) is 19.0 Å². The van der Waals surface area contributed by atoms with Crippen LogP contribution in [0.25, 0.3) is 0 Å². The highest BCUT2D eigenvalue weighted by Gasteiger charge is 2.25. The Bertz CT molecular complexity index is 969. The van der Waals surface area contributed by atoms with Crippen LogP contribution in [-0.4, -0.2) is 42.8 Å². The second kappa shape index (κ2) is 34.6. The number of carbonyl (C=O) groups is 2. The van der Waals surface area contributed by atoms with E-state index in [2.05, 4.69) is 74.6 Å². The smallest absolute Gasteiger partial charge is 0.462 e. The number of unbranched alkanes of at least 4 members (excludes halogenated alkanes) is 11. The van der Waals surface area contributed by atoms with E-state index in [0.29, 0.717) is 6.42 Å². The molecule has 0 radical (unpaired) electrons. The minimum absolute atomic E-state index is 0.00877. The minimum Gasteiger partial charge on any atom is -0.462 e. The Morgan fingerprint density at radius 2 is 1.06 bits per heavy atom. The van der Waals surface area contributed by atoms with Crippen LogP contribution in [0.4, 0.5) is 0 Å². The summed E-state index contributed by atoms with van der Waals surface area (Å²) in [4.78, 5) is 34.5. The van der Waals surface area contributed by atoms with Gasteiger partial charge in [0.2, 0.25) is 0 Å². The maximum absolute atomic E-state index is 12.5. The Labute approximate surface area is 292 Å². The van der Waals surface area contributed by atoms with E-state index in [4.69, 9.17) is 18.5 Å². The Morgan fingerprint density at radius 3 is 1.62 bits per heavy atom.